The van der Waals surface area contributed by atoms with E-state index in [9.17, 15) is 4.39 Å². The van der Waals surface area contributed by atoms with Crippen molar-refractivity contribution >= 4 is 5.69 Å². The molecule has 0 aliphatic heterocycles. The maximum Gasteiger partial charge on any atom is 0.212 e. The lowest BCUT2D eigenvalue weighted by molar-refractivity contribution is 0.242. The molecule has 2 rings (SSSR count). The van der Waals surface area contributed by atoms with Gasteiger partial charge >= 0.3 is 0 Å². The van der Waals surface area contributed by atoms with Crippen molar-refractivity contribution in [3.63, 3.8) is 0 Å². The molecular weight excluding hydrogens is 243 g/mol. The number of nitrogens with zero attached hydrogens (tertiary/aromatic N) is 1. The van der Waals surface area contributed by atoms with Crippen LogP contribution in [0.25, 0.3) is 0 Å². The van der Waals surface area contributed by atoms with Gasteiger partial charge in [-0.05, 0) is 43.7 Å². The molecule has 0 bridgehead atoms. The summed E-state index contributed by atoms with van der Waals surface area (Å²) in [6.07, 6.45) is 1.65. The fourth-order valence-electron chi connectivity index (χ4n) is 1.64. The molecular formula is C15H17FN2O. The number of ether oxygens (including phenoxy) is 1. The van der Waals surface area contributed by atoms with Gasteiger partial charge in [0.25, 0.3) is 0 Å². The molecule has 0 radical (unpaired) electrons. The van der Waals surface area contributed by atoms with Crippen LogP contribution in [0.3, 0.4) is 0 Å². The van der Waals surface area contributed by atoms with Gasteiger partial charge in [0.1, 0.15) is 5.75 Å². The number of hydrogen-bond donors (Lipinski definition) is 1. The molecule has 19 heavy (non-hydrogen) atoms. The summed E-state index contributed by atoms with van der Waals surface area (Å²) in [6, 6.07) is 10.9. The Balaban J connectivity index is 1.91. The maximum atomic E-state index is 12.6. The highest BCUT2D eigenvalue weighted by atomic mass is 19.1. The highest BCUT2D eigenvalue weighted by Gasteiger charge is 1.99. The van der Waals surface area contributed by atoms with Gasteiger partial charge in [0.2, 0.25) is 5.95 Å². The van der Waals surface area contributed by atoms with Crippen LogP contribution < -0.4 is 10.1 Å². The summed E-state index contributed by atoms with van der Waals surface area (Å²) in [6.45, 7) is 4.66. The highest BCUT2D eigenvalue weighted by Crippen LogP contribution is 2.15. The fraction of sp³-hybridized carbons (Fsp3) is 0.267. The van der Waals surface area contributed by atoms with E-state index in [1.807, 2.05) is 38.1 Å². The first-order chi connectivity index (χ1) is 9.13. The second-order valence-corrected chi connectivity index (χ2v) is 4.53. The van der Waals surface area contributed by atoms with E-state index in [1.54, 1.807) is 6.07 Å². The Labute approximate surface area is 112 Å². The van der Waals surface area contributed by atoms with E-state index < -0.39 is 5.95 Å². The van der Waals surface area contributed by atoms with Crippen molar-refractivity contribution in [2.24, 2.45) is 0 Å². The Morgan fingerprint density at radius 2 is 1.89 bits per heavy atom. The lowest BCUT2D eigenvalue weighted by Gasteiger charge is -2.10. The minimum Gasteiger partial charge on any atom is -0.491 e. The van der Waals surface area contributed by atoms with E-state index in [-0.39, 0.29) is 6.10 Å². The van der Waals surface area contributed by atoms with Gasteiger partial charge in [-0.2, -0.15) is 4.39 Å². The molecule has 1 N–H and O–H groups in total. The van der Waals surface area contributed by atoms with E-state index in [2.05, 4.69) is 10.3 Å². The smallest absolute Gasteiger partial charge is 0.212 e. The van der Waals surface area contributed by atoms with Gasteiger partial charge in [-0.3, -0.25) is 0 Å². The van der Waals surface area contributed by atoms with Crippen LogP contribution in [0.4, 0.5) is 10.1 Å². The molecule has 0 unspecified atom stereocenters. The van der Waals surface area contributed by atoms with Gasteiger partial charge in [-0.25, -0.2) is 4.98 Å². The fourth-order valence-corrected chi connectivity index (χ4v) is 1.64. The second kappa shape index (κ2) is 6.18. The van der Waals surface area contributed by atoms with Crippen molar-refractivity contribution < 1.29 is 9.13 Å². The van der Waals surface area contributed by atoms with Gasteiger partial charge in [0.15, 0.2) is 0 Å². The monoisotopic (exact) mass is 260 g/mol. The topological polar surface area (TPSA) is 34.1 Å². The van der Waals surface area contributed by atoms with Crippen molar-refractivity contribution in [3.05, 3.63) is 54.1 Å². The first-order valence-electron chi connectivity index (χ1n) is 6.24. The molecule has 0 saturated carbocycles. The summed E-state index contributed by atoms with van der Waals surface area (Å²) in [5.74, 6) is 0.392. The van der Waals surface area contributed by atoms with Crippen LogP contribution in [0.15, 0.2) is 42.6 Å². The molecule has 4 heteroatoms. The predicted molar refractivity (Wildman–Crippen MR) is 73.7 cm³/mol. The molecule has 0 amide bonds. The van der Waals surface area contributed by atoms with Crippen LogP contribution in [0, 0.1) is 5.95 Å². The third-order valence-electron chi connectivity index (χ3n) is 2.52. The van der Waals surface area contributed by atoms with Crippen LogP contribution in [-0.2, 0) is 6.54 Å². The van der Waals surface area contributed by atoms with Crippen LogP contribution in [0.5, 0.6) is 5.75 Å². The minimum atomic E-state index is -0.472. The Morgan fingerprint density at radius 1 is 1.16 bits per heavy atom. The normalized spacial score (nSPS) is 10.5. The quantitative estimate of drug-likeness (QED) is 0.834. The SMILES string of the molecule is CC(C)Oc1ccc(CNc2ccc(F)nc2)cc1. The van der Waals surface area contributed by atoms with Crippen LogP contribution in [0.2, 0.25) is 0 Å². The summed E-state index contributed by atoms with van der Waals surface area (Å²) in [5, 5.41) is 3.18. The summed E-state index contributed by atoms with van der Waals surface area (Å²) in [7, 11) is 0. The van der Waals surface area contributed by atoms with E-state index in [4.69, 9.17) is 4.74 Å². The van der Waals surface area contributed by atoms with Crippen LogP contribution in [0.1, 0.15) is 19.4 Å². The average molecular weight is 260 g/mol. The minimum absolute atomic E-state index is 0.175. The van der Waals surface area contributed by atoms with Crippen molar-refractivity contribution in [1.82, 2.24) is 4.98 Å². The van der Waals surface area contributed by atoms with Crippen LogP contribution in [-0.4, -0.2) is 11.1 Å². The summed E-state index contributed by atoms with van der Waals surface area (Å²) in [5.41, 5.74) is 1.92. The number of rotatable bonds is 5. The van der Waals surface area contributed by atoms with E-state index in [0.717, 1.165) is 17.0 Å². The lowest BCUT2D eigenvalue weighted by Crippen LogP contribution is -2.05. The number of pyridine rings is 1. The molecule has 1 heterocycles. The number of benzene rings is 1. The van der Waals surface area contributed by atoms with Crippen molar-refractivity contribution in [1.29, 1.82) is 0 Å². The molecule has 1 aromatic carbocycles. The van der Waals surface area contributed by atoms with Gasteiger partial charge in [0.05, 0.1) is 18.0 Å². The first kappa shape index (κ1) is 13.3. The molecule has 0 atom stereocenters. The molecule has 0 aliphatic rings. The number of nitrogens with one attached hydrogen (secondary N) is 1. The molecule has 3 nitrogen and oxygen atoms in total. The molecule has 0 fully saturated rings. The van der Waals surface area contributed by atoms with Crippen molar-refractivity contribution in [3.8, 4) is 5.75 Å². The van der Waals surface area contributed by atoms with E-state index in [0.29, 0.717) is 6.54 Å². The van der Waals surface area contributed by atoms with E-state index in [1.165, 1.54) is 12.3 Å². The largest absolute Gasteiger partial charge is 0.491 e. The number of anilines is 1. The lowest BCUT2D eigenvalue weighted by atomic mass is 10.2. The third-order valence-corrected chi connectivity index (χ3v) is 2.52. The average Bonchev–Trinajstić information content (AvgIpc) is 2.39. The molecule has 1 aromatic heterocycles. The third kappa shape index (κ3) is 4.25. The van der Waals surface area contributed by atoms with Gasteiger partial charge in [-0.15, -0.1) is 0 Å². The number of aromatic nitrogens is 1. The summed E-state index contributed by atoms with van der Waals surface area (Å²) < 4.78 is 18.2. The zero-order chi connectivity index (χ0) is 13.7. The standard InChI is InChI=1S/C15H17FN2O/c1-11(2)19-14-6-3-12(4-7-14)9-17-13-5-8-15(16)18-10-13/h3-8,10-11,17H,9H2,1-2H3. The van der Waals surface area contributed by atoms with Crippen molar-refractivity contribution in [2.75, 3.05) is 5.32 Å². The Kier molecular flexibility index (Phi) is 4.34. The molecule has 100 valence electrons. The summed E-state index contributed by atoms with van der Waals surface area (Å²) in [4.78, 5) is 3.59. The maximum absolute atomic E-state index is 12.6. The van der Waals surface area contributed by atoms with Gasteiger partial charge in [0, 0.05) is 6.54 Å². The van der Waals surface area contributed by atoms with Crippen LogP contribution >= 0.6 is 0 Å². The van der Waals surface area contributed by atoms with Gasteiger partial charge < -0.3 is 10.1 Å². The Bertz CT molecular complexity index is 509. The zero-order valence-corrected chi connectivity index (χ0v) is 11.1. The molecule has 0 saturated heterocycles. The Morgan fingerprint density at radius 3 is 2.47 bits per heavy atom. The highest BCUT2D eigenvalue weighted by molar-refractivity contribution is 5.41. The van der Waals surface area contributed by atoms with E-state index >= 15 is 0 Å². The second-order valence-electron chi connectivity index (χ2n) is 4.53. The first-order valence-corrected chi connectivity index (χ1v) is 6.24. The predicted octanol–water partition coefficient (Wildman–Crippen LogP) is 3.62. The van der Waals surface area contributed by atoms with Crippen molar-refractivity contribution in [2.45, 2.75) is 26.5 Å². The number of halogens is 1. The molecule has 0 spiro atoms. The summed E-state index contributed by atoms with van der Waals surface area (Å²) >= 11 is 0. The Hall–Kier alpha value is -2.10. The van der Waals surface area contributed by atoms with Gasteiger partial charge in [-0.1, -0.05) is 12.1 Å². The molecule has 0 aliphatic carbocycles. The zero-order valence-electron chi connectivity index (χ0n) is 11.1. The number of hydrogen-bond acceptors (Lipinski definition) is 3. The molecule has 2 aromatic rings.